The van der Waals surface area contributed by atoms with Gasteiger partial charge >= 0.3 is 5.97 Å². The second kappa shape index (κ2) is 9.71. The van der Waals surface area contributed by atoms with Crippen molar-refractivity contribution in [3.63, 3.8) is 0 Å². The van der Waals surface area contributed by atoms with Crippen LogP contribution in [-0.2, 0) is 9.53 Å². The van der Waals surface area contributed by atoms with Crippen LogP contribution in [-0.4, -0.2) is 42.8 Å². The highest BCUT2D eigenvalue weighted by atomic mass is 32.2. The molecule has 0 aliphatic rings. The quantitative estimate of drug-likeness (QED) is 0.272. The number of ether oxygens (including phenoxy) is 1. The molecule has 0 saturated heterocycles. The van der Waals surface area contributed by atoms with E-state index in [1.54, 1.807) is 20.8 Å². The number of pyridine rings is 1. The number of aromatic nitrogens is 4. The van der Waals surface area contributed by atoms with E-state index in [4.69, 9.17) is 4.74 Å². The third-order valence-electron chi connectivity index (χ3n) is 5.36. The molecule has 3 aromatic heterocycles. The zero-order valence-corrected chi connectivity index (χ0v) is 21.6. The van der Waals surface area contributed by atoms with E-state index in [1.165, 1.54) is 11.8 Å². The number of para-hydroxylation sites is 1. The molecule has 10 heteroatoms. The number of carbonyl (C=O) groups is 2. The van der Waals surface area contributed by atoms with Crippen LogP contribution >= 0.6 is 23.1 Å². The Bertz CT molecular complexity index is 1390. The van der Waals surface area contributed by atoms with Crippen molar-refractivity contribution in [3.05, 3.63) is 46.0 Å². The summed E-state index contributed by atoms with van der Waals surface area (Å²) in [7, 11) is 0. The molecule has 1 atom stereocenters. The smallest absolute Gasteiger partial charge is 0.350 e. The fraction of sp³-hybridized carbons (Fsp3) is 0.375. The summed E-state index contributed by atoms with van der Waals surface area (Å²) in [5.74, 6) is -0.630. The maximum atomic E-state index is 13.1. The van der Waals surface area contributed by atoms with E-state index in [1.807, 2.05) is 23.5 Å². The molecule has 34 heavy (non-hydrogen) atoms. The molecule has 0 saturated carbocycles. The average Bonchev–Trinajstić information content (AvgIpc) is 3.34. The summed E-state index contributed by atoms with van der Waals surface area (Å²) in [5, 5.41) is 13.4. The van der Waals surface area contributed by atoms with Gasteiger partial charge in [-0.2, -0.15) is 0 Å². The van der Waals surface area contributed by atoms with Gasteiger partial charge in [0.1, 0.15) is 4.88 Å². The number of fused-ring (bicyclic) bond motifs is 3. The van der Waals surface area contributed by atoms with Crippen LogP contribution in [0.3, 0.4) is 0 Å². The lowest BCUT2D eigenvalue weighted by atomic mass is 10.1. The molecule has 1 amide bonds. The number of esters is 1. The summed E-state index contributed by atoms with van der Waals surface area (Å²) < 4.78 is 7.28. The van der Waals surface area contributed by atoms with Crippen LogP contribution in [0.25, 0.3) is 16.6 Å². The zero-order valence-electron chi connectivity index (χ0n) is 20.0. The normalized spacial score (nSPS) is 12.4. The fourth-order valence-corrected chi connectivity index (χ4v) is 5.57. The number of anilines is 1. The number of nitrogens with zero attached hydrogens (tertiary/aromatic N) is 4. The summed E-state index contributed by atoms with van der Waals surface area (Å²) in [6.45, 7) is 11.4. The molecular weight excluding hydrogens is 470 g/mol. The number of thioether (sulfide) groups is 1. The Kier molecular flexibility index (Phi) is 6.90. The Morgan fingerprint density at radius 1 is 1.18 bits per heavy atom. The highest BCUT2D eigenvalue weighted by Gasteiger charge is 2.25. The SMILES string of the molecule is CCC(Sc1nnc2cc(C)c3cccc(C)c3n12)C(=O)Nc1nc(C)c(C(=O)OC(C)C)s1. The minimum atomic E-state index is -0.431. The van der Waals surface area contributed by atoms with E-state index in [0.29, 0.717) is 27.3 Å². The molecule has 0 spiro atoms. The molecule has 0 aliphatic heterocycles. The molecule has 0 aliphatic carbocycles. The van der Waals surface area contributed by atoms with Crippen LogP contribution in [0.15, 0.2) is 29.4 Å². The average molecular weight is 498 g/mol. The van der Waals surface area contributed by atoms with Crippen molar-refractivity contribution < 1.29 is 14.3 Å². The van der Waals surface area contributed by atoms with Crippen molar-refractivity contribution in [2.75, 3.05) is 5.32 Å². The first-order valence-electron chi connectivity index (χ1n) is 11.1. The van der Waals surface area contributed by atoms with Crippen molar-refractivity contribution in [2.45, 2.75) is 64.5 Å². The van der Waals surface area contributed by atoms with Gasteiger partial charge in [0.05, 0.1) is 22.6 Å². The monoisotopic (exact) mass is 497 g/mol. The zero-order chi connectivity index (χ0) is 24.6. The molecule has 0 fully saturated rings. The van der Waals surface area contributed by atoms with Gasteiger partial charge < -0.3 is 10.1 Å². The molecular formula is C24H27N5O3S2. The van der Waals surface area contributed by atoms with E-state index in [9.17, 15) is 9.59 Å². The molecule has 4 aromatic rings. The van der Waals surface area contributed by atoms with Crippen LogP contribution < -0.4 is 5.32 Å². The lowest BCUT2D eigenvalue weighted by Crippen LogP contribution is -2.24. The van der Waals surface area contributed by atoms with Crippen LogP contribution in [0.4, 0.5) is 5.13 Å². The Morgan fingerprint density at radius 2 is 1.94 bits per heavy atom. The van der Waals surface area contributed by atoms with Crippen LogP contribution in [0, 0.1) is 20.8 Å². The third-order valence-corrected chi connectivity index (χ3v) is 7.72. The van der Waals surface area contributed by atoms with E-state index < -0.39 is 11.2 Å². The minimum absolute atomic E-state index is 0.199. The molecule has 0 bridgehead atoms. The molecule has 1 unspecified atom stereocenters. The molecule has 3 heterocycles. The maximum absolute atomic E-state index is 13.1. The standard InChI is InChI=1S/C24H27N5O3S2/c1-7-17(21(30)26-23-25-15(6)20(34-23)22(31)32-12(2)3)33-24-28-27-18-11-14(5)16-10-8-9-13(4)19(16)29(18)24/h8-12,17H,7H2,1-6H3,(H,25,26,30). The molecule has 8 nitrogen and oxygen atoms in total. The van der Waals surface area contributed by atoms with Crippen LogP contribution in [0.2, 0.25) is 0 Å². The number of amides is 1. The highest BCUT2D eigenvalue weighted by molar-refractivity contribution is 8.00. The molecule has 0 radical (unpaired) electrons. The fourth-order valence-electron chi connectivity index (χ4n) is 3.75. The Labute approximate surface area is 206 Å². The second-order valence-electron chi connectivity index (χ2n) is 8.37. The van der Waals surface area contributed by atoms with Crippen LogP contribution in [0.1, 0.15) is 53.7 Å². The Hall–Kier alpha value is -2.98. The van der Waals surface area contributed by atoms with Crippen molar-refractivity contribution in [3.8, 4) is 0 Å². The predicted molar refractivity (Wildman–Crippen MR) is 136 cm³/mol. The molecule has 1 aromatic carbocycles. The van der Waals surface area contributed by atoms with Crippen molar-refractivity contribution in [1.29, 1.82) is 0 Å². The first kappa shape index (κ1) is 24.2. The summed E-state index contributed by atoms with van der Waals surface area (Å²) >= 11 is 2.49. The van der Waals surface area contributed by atoms with Gasteiger partial charge in [-0.05, 0) is 58.2 Å². The number of thiazole rings is 1. The van der Waals surface area contributed by atoms with Crippen molar-refractivity contribution >= 4 is 56.7 Å². The van der Waals surface area contributed by atoms with Gasteiger partial charge in [0.15, 0.2) is 15.9 Å². The minimum Gasteiger partial charge on any atom is -0.459 e. The van der Waals surface area contributed by atoms with Gasteiger partial charge in [0.2, 0.25) is 5.91 Å². The maximum Gasteiger partial charge on any atom is 0.350 e. The summed E-state index contributed by atoms with van der Waals surface area (Å²) in [5.41, 5.74) is 4.58. The van der Waals surface area contributed by atoms with Gasteiger partial charge in [-0.25, -0.2) is 9.78 Å². The molecule has 4 rings (SSSR count). The first-order chi connectivity index (χ1) is 16.2. The van der Waals surface area contributed by atoms with Gasteiger partial charge in [0, 0.05) is 5.39 Å². The summed E-state index contributed by atoms with van der Waals surface area (Å²) in [4.78, 5) is 30.1. The van der Waals surface area contributed by atoms with Crippen LogP contribution in [0.5, 0.6) is 0 Å². The molecule has 178 valence electrons. The van der Waals surface area contributed by atoms with E-state index >= 15 is 0 Å². The van der Waals surface area contributed by atoms with Gasteiger partial charge in [-0.15, -0.1) is 10.2 Å². The predicted octanol–water partition coefficient (Wildman–Crippen LogP) is 5.34. The van der Waals surface area contributed by atoms with Crippen molar-refractivity contribution in [2.24, 2.45) is 0 Å². The highest BCUT2D eigenvalue weighted by Crippen LogP contribution is 2.32. The number of hydrogen-bond donors (Lipinski definition) is 1. The van der Waals surface area contributed by atoms with E-state index in [2.05, 4.69) is 46.5 Å². The van der Waals surface area contributed by atoms with E-state index in [-0.39, 0.29) is 12.0 Å². The Morgan fingerprint density at radius 3 is 2.65 bits per heavy atom. The van der Waals surface area contributed by atoms with Crippen molar-refractivity contribution in [1.82, 2.24) is 19.6 Å². The number of hydrogen-bond acceptors (Lipinski definition) is 8. The number of rotatable bonds is 7. The number of benzene rings is 1. The largest absolute Gasteiger partial charge is 0.459 e. The Balaban J connectivity index is 1.60. The lowest BCUT2D eigenvalue weighted by Gasteiger charge is -2.14. The second-order valence-corrected chi connectivity index (χ2v) is 10.5. The third kappa shape index (κ3) is 4.65. The molecule has 1 N–H and O–H groups in total. The number of nitrogens with one attached hydrogen (secondary N) is 1. The van der Waals surface area contributed by atoms with Gasteiger partial charge in [0.25, 0.3) is 0 Å². The number of carbonyl (C=O) groups excluding carboxylic acids is 2. The van der Waals surface area contributed by atoms with Gasteiger partial charge in [-0.3, -0.25) is 9.20 Å². The topological polar surface area (TPSA) is 98.5 Å². The number of aryl methyl sites for hydroxylation is 3. The van der Waals surface area contributed by atoms with E-state index in [0.717, 1.165) is 39.0 Å². The summed E-state index contributed by atoms with van der Waals surface area (Å²) in [6, 6.07) is 8.20. The van der Waals surface area contributed by atoms with Gasteiger partial charge in [-0.1, -0.05) is 48.2 Å². The lowest BCUT2D eigenvalue weighted by molar-refractivity contribution is -0.115. The summed E-state index contributed by atoms with van der Waals surface area (Å²) in [6.07, 6.45) is 0.357. The first-order valence-corrected chi connectivity index (χ1v) is 12.8.